The van der Waals surface area contributed by atoms with Crippen molar-refractivity contribution in [3.63, 3.8) is 0 Å². The van der Waals surface area contributed by atoms with Crippen LogP contribution in [0.25, 0.3) is 18.4 Å². The third-order valence-corrected chi connectivity index (χ3v) is 4.02. The number of fused-ring (bicyclic) bond motifs is 1. The highest BCUT2D eigenvalue weighted by atomic mass is 16.3. The van der Waals surface area contributed by atoms with Crippen molar-refractivity contribution in [3.8, 4) is 6.07 Å². The van der Waals surface area contributed by atoms with Gasteiger partial charge < -0.3 is 10.5 Å². The Hall–Kier alpha value is -2.60. The van der Waals surface area contributed by atoms with E-state index in [1.807, 2.05) is 6.92 Å². The maximum absolute atomic E-state index is 10.0. The third kappa shape index (κ3) is 1.48. The van der Waals surface area contributed by atoms with Crippen molar-refractivity contribution in [2.45, 2.75) is 18.8 Å². The Balaban J connectivity index is 3.04. The number of aliphatic hydroxyl groups excluding tert-OH is 1. The molecule has 1 aromatic carbocycles. The van der Waals surface area contributed by atoms with Gasteiger partial charge in [-0.3, -0.25) is 0 Å². The molecule has 1 aromatic rings. The average Bonchev–Trinajstić information content (AvgIpc) is 2.42. The van der Waals surface area contributed by atoms with E-state index < -0.39 is 5.41 Å². The SMILES string of the molecule is C=CC(O)=c1c(C=C)c(C)c2c(c1=C)CC2(C#N)C=N. The maximum atomic E-state index is 10.0. The summed E-state index contributed by atoms with van der Waals surface area (Å²) in [7, 11) is 0. The third-order valence-electron chi connectivity index (χ3n) is 4.02. The highest BCUT2D eigenvalue weighted by Gasteiger charge is 2.44. The molecular formula is C17H16N2O. The van der Waals surface area contributed by atoms with Gasteiger partial charge in [0.1, 0.15) is 11.2 Å². The van der Waals surface area contributed by atoms with E-state index in [1.165, 1.54) is 12.3 Å². The van der Waals surface area contributed by atoms with Crippen LogP contribution < -0.4 is 10.4 Å². The van der Waals surface area contributed by atoms with E-state index >= 15 is 0 Å². The van der Waals surface area contributed by atoms with Crippen molar-refractivity contribution >= 4 is 24.6 Å². The zero-order chi connectivity index (χ0) is 15.1. The summed E-state index contributed by atoms with van der Waals surface area (Å²) in [5.41, 5.74) is 2.50. The molecule has 0 saturated heterocycles. The van der Waals surface area contributed by atoms with E-state index in [2.05, 4.69) is 25.8 Å². The summed E-state index contributed by atoms with van der Waals surface area (Å²) in [6.07, 6.45) is 4.65. The Labute approximate surface area is 118 Å². The normalized spacial score (nSPS) is 21.0. The van der Waals surface area contributed by atoms with Crippen molar-refractivity contribution in [2.75, 3.05) is 0 Å². The summed E-state index contributed by atoms with van der Waals surface area (Å²) in [4.78, 5) is 0. The van der Waals surface area contributed by atoms with Gasteiger partial charge in [-0.1, -0.05) is 25.8 Å². The van der Waals surface area contributed by atoms with E-state index in [0.29, 0.717) is 16.9 Å². The molecule has 20 heavy (non-hydrogen) atoms. The van der Waals surface area contributed by atoms with Crippen LogP contribution in [0.3, 0.4) is 0 Å². The Morgan fingerprint density at radius 3 is 2.60 bits per heavy atom. The second kappa shape index (κ2) is 4.50. The van der Waals surface area contributed by atoms with Crippen molar-refractivity contribution in [2.24, 2.45) is 0 Å². The first-order chi connectivity index (χ1) is 9.47. The second-order valence-electron chi connectivity index (χ2n) is 4.94. The van der Waals surface area contributed by atoms with Gasteiger partial charge in [0.15, 0.2) is 0 Å². The van der Waals surface area contributed by atoms with Gasteiger partial charge >= 0.3 is 0 Å². The number of rotatable bonds is 3. The number of nitriles is 1. The molecule has 0 radical (unpaired) electrons. The van der Waals surface area contributed by atoms with Gasteiger partial charge in [-0.25, -0.2) is 0 Å². The standard InChI is InChI=1S/C17H16N2O/c1-5-12-11(4)16-13(7-17(16,8-18)9-19)10(3)15(12)14(20)6-2/h5-6,8,18,20H,1-3,7H2,4H3. The van der Waals surface area contributed by atoms with Gasteiger partial charge in [-0.2, -0.15) is 5.26 Å². The van der Waals surface area contributed by atoms with Gasteiger partial charge in [-0.15, -0.1) is 0 Å². The van der Waals surface area contributed by atoms with Crippen molar-refractivity contribution in [1.82, 2.24) is 0 Å². The number of hydrogen-bond donors (Lipinski definition) is 2. The molecule has 1 atom stereocenters. The fraction of sp³-hybridized carbons (Fsp3) is 0.176. The van der Waals surface area contributed by atoms with Gasteiger partial charge in [0.2, 0.25) is 0 Å². The number of aliphatic hydroxyl groups is 1. The Morgan fingerprint density at radius 1 is 1.50 bits per heavy atom. The monoisotopic (exact) mass is 264 g/mol. The molecule has 0 aromatic heterocycles. The lowest BCUT2D eigenvalue weighted by molar-refractivity contribution is 0.510. The molecule has 1 unspecified atom stereocenters. The molecule has 2 rings (SSSR count). The van der Waals surface area contributed by atoms with Crippen LogP contribution in [-0.4, -0.2) is 11.3 Å². The smallest absolute Gasteiger partial charge is 0.123 e. The molecule has 0 bridgehead atoms. The molecule has 2 N–H and O–H groups in total. The zero-order valence-electron chi connectivity index (χ0n) is 11.5. The minimum Gasteiger partial charge on any atom is -0.507 e. The fourth-order valence-corrected chi connectivity index (χ4v) is 2.97. The maximum Gasteiger partial charge on any atom is 0.123 e. The summed E-state index contributed by atoms with van der Waals surface area (Å²) in [6.45, 7) is 13.3. The molecule has 0 saturated carbocycles. The van der Waals surface area contributed by atoms with Gasteiger partial charge in [0, 0.05) is 17.9 Å². The van der Waals surface area contributed by atoms with Crippen LogP contribution >= 0.6 is 0 Å². The molecule has 0 heterocycles. The average molecular weight is 264 g/mol. The first-order valence-corrected chi connectivity index (χ1v) is 6.23. The summed E-state index contributed by atoms with van der Waals surface area (Å²) in [5.74, 6) is 0.0557. The van der Waals surface area contributed by atoms with E-state index in [0.717, 1.165) is 22.3 Å². The molecule has 0 amide bonds. The van der Waals surface area contributed by atoms with Gasteiger partial charge in [0.25, 0.3) is 0 Å². The predicted octanol–water partition coefficient (Wildman–Crippen LogP) is 1.87. The fourth-order valence-electron chi connectivity index (χ4n) is 2.97. The lowest BCUT2D eigenvalue weighted by Crippen LogP contribution is -2.49. The summed E-state index contributed by atoms with van der Waals surface area (Å²) in [5, 5.41) is 28.2. The van der Waals surface area contributed by atoms with Crippen LogP contribution in [0.15, 0.2) is 19.2 Å². The summed E-state index contributed by atoms with van der Waals surface area (Å²) >= 11 is 0. The minimum absolute atomic E-state index is 0.0557. The van der Waals surface area contributed by atoms with Crippen molar-refractivity contribution in [3.05, 3.63) is 51.9 Å². The quantitative estimate of drug-likeness (QED) is 0.818. The van der Waals surface area contributed by atoms with Crippen LogP contribution in [0.2, 0.25) is 0 Å². The zero-order valence-corrected chi connectivity index (χ0v) is 11.5. The molecule has 3 heteroatoms. The van der Waals surface area contributed by atoms with Crippen LogP contribution in [0.1, 0.15) is 22.3 Å². The van der Waals surface area contributed by atoms with E-state index in [9.17, 15) is 10.4 Å². The molecule has 3 nitrogen and oxygen atoms in total. The predicted molar refractivity (Wildman–Crippen MR) is 82.1 cm³/mol. The Bertz CT molecular complexity index is 796. The van der Waals surface area contributed by atoms with Crippen LogP contribution in [0, 0.1) is 23.7 Å². The second-order valence-corrected chi connectivity index (χ2v) is 4.94. The van der Waals surface area contributed by atoms with Gasteiger partial charge in [0.05, 0.1) is 6.07 Å². The molecule has 100 valence electrons. The molecule has 0 fully saturated rings. The van der Waals surface area contributed by atoms with E-state index in [1.54, 1.807) is 6.08 Å². The van der Waals surface area contributed by atoms with Crippen molar-refractivity contribution in [1.29, 1.82) is 10.7 Å². The van der Waals surface area contributed by atoms with Crippen molar-refractivity contribution < 1.29 is 5.11 Å². The highest BCUT2D eigenvalue weighted by molar-refractivity contribution is 5.84. The Morgan fingerprint density at radius 2 is 2.15 bits per heavy atom. The molecule has 1 aliphatic carbocycles. The summed E-state index contributed by atoms with van der Waals surface area (Å²) < 4.78 is 0. The molecule has 1 aliphatic rings. The minimum atomic E-state index is -0.869. The van der Waals surface area contributed by atoms with E-state index in [4.69, 9.17) is 5.41 Å². The number of hydrogen-bond acceptors (Lipinski definition) is 3. The largest absolute Gasteiger partial charge is 0.507 e. The van der Waals surface area contributed by atoms with Crippen LogP contribution in [0.4, 0.5) is 0 Å². The topological polar surface area (TPSA) is 67.9 Å². The van der Waals surface area contributed by atoms with Crippen LogP contribution in [0.5, 0.6) is 0 Å². The van der Waals surface area contributed by atoms with E-state index in [-0.39, 0.29) is 5.76 Å². The molecule has 0 spiro atoms. The highest BCUT2D eigenvalue weighted by Crippen LogP contribution is 2.40. The Kier molecular flexibility index (Phi) is 3.11. The molecular weight excluding hydrogens is 248 g/mol. The number of nitrogens with one attached hydrogen (secondary N) is 1. The van der Waals surface area contributed by atoms with Crippen LogP contribution in [-0.2, 0) is 11.8 Å². The molecule has 0 aliphatic heterocycles. The number of benzene rings is 1. The lowest BCUT2D eigenvalue weighted by Gasteiger charge is -2.38. The summed E-state index contributed by atoms with van der Waals surface area (Å²) in [6, 6.07) is 2.21. The first kappa shape index (κ1) is 13.8. The number of nitrogens with zero attached hydrogens (tertiary/aromatic N) is 1. The lowest BCUT2D eigenvalue weighted by atomic mass is 9.62. The first-order valence-electron chi connectivity index (χ1n) is 6.23. The van der Waals surface area contributed by atoms with Gasteiger partial charge in [-0.05, 0) is 40.5 Å².